The first-order valence-electron chi connectivity index (χ1n) is 6.30. The molecule has 0 saturated heterocycles. The summed E-state index contributed by atoms with van der Waals surface area (Å²) in [6.45, 7) is 0. The van der Waals surface area contributed by atoms with Crippen LogP contribution in [0.15, 0.2) is 65.3 Å². The van der Waals surface area contributed by atoms with Crippen LogP contribution in [0.5, 0.6) is 5.75 Å². The molecule has 1 aromatic rings. The van der Waals surface area contributed by atoms with E-state index in [1.165, 1.54) is 35.1 Å². The molecule has 0 radical (unpaired) electrons. The van der Waals surface area contributed by atoms with Crippen molar-refractivity contribution in [1.82, 2.24) is 0 Å². The van der Waals surface area contributed by atoms with Crippen LogP contribution < -0.4 is 4.74 Å². The van der Waals surface area contributed by atoms with Gasteiger partial charge in [-0.3, -0.25) is 0 Å². The number of ether oxygens (including phenoxy) is 1. The summed E-state index contributed by atoms with van der Waals surface area (Å²) < 4.78 is 5.17. The van der Waals surface area contributed by atoms with Crippen molar-refractivity contribution in [3.05, 3.63) is 70.9 Å². The van der Waals surface area contributed by atoms with E-state index in [2.05, 4.69) is 42.5 Å². The number of rotatable bonds is 2. The van der Waals surface area contributed by atoms with Crippen LogP contribution in [-0.2, 0) is 0 Å². The van der Waals surface area contributed by atoms with Gasteiger partial charge in [-0.25, -0.2) is 0 Å². The standard InChI is InChI=1S/C17H16O/c1-18-16-9-6-13(7-10-16)12-15-8-11-17(15)14-4-2-3-5-14/h2-7,9-10,12H,8,11H2,1H3/b15-12-. The monoisotopic (exact) mass is 236 g/mol. The van der Waals surface area contributed by atoms with Crippen molar-refractivity contribution in [3.8, 4) is 5.75 Å². The van der Waals surface area contributed by atoms with Gasteiger partial charge in [0.2, 0.25) is 0 Å². The molecule has 0 unspecified atom stereocenters. The van der Waals surface area contributed by atoms with E-state index in [-0.39, 0.29) is 0 Å². The van der Waals surface area contributed by atoms with Gasteiger partial charge in [0.25, 0.3) is 0 Å². The van der Waals surface area contributed by atoms with E-state index in [4.69, 9.17) is 4.74 Å². The maximum Gasteiger partial charge on any atom is 0.118 e. The Morgan fingerprint density at radius 3 is 2.28 bits per heavy atom. The number of methoxy groups -OCH3 is 1. The zero-order valence-electron chi connectivity index (χ0n) is 10.5. The first-order chi connectivity index (χ1) is 8.86. The predicted molar refractivity (Wildman–Crippen MR) is 75.5 cm³/mol. The highest BCUT2D eigenvalue weighted by Crippen LogP contribution is 2.38. The third-order valence-electron chi connectivity index (χ3n) is 3.50. The van der Waals surface area contributed by atoms with Crippen LogP contribution in [0, 0.1) is 0 Å². The zero-order valence-corrected chi connectivity index (χ0v) is 10.5. The van der Waals surface area contributed by atoms with Crippen LogP contribution in [0.2, 0.25) is 0 Å². The molecule has 0 aromatic heterocycles. The molecule has 0 aliphatic heterocycles. The summed E-state index contributed by atoms with van der Waals surface area (Å²) in [5.41, 5.74) is 5.58. The van der Waals surface area contributed by atoms with E-state index in [0.717, 1.165) is 5.75 Å². The molecule has 90 valence electrons. The largest absolute Gasteiger partial charge is 0.497 e. The Labute approximate surface area is 108 Å². The quantitative estimate of drug-likeness (QED) is 0.744. The molecule has 2 aliphatic carbocycles. The fourth-order valence-corrected chi connectivity index (χ4v) is 2.36. The Morgan fingerprint density at radius 1 is 1.00 bits per heavy atom. The topological polar surface area (TPSA) is 9.23 Å². The molecule has 1 saturated carbocycles. The SMILES string of the molecule is COc1ccc(/C=C2/CCC2=C2C=CC=C2)cc1. The molecule has 0 atom stereocenters. The first-order valence-corrected chi connectivity index (χ1v) is 6.30. The Bertz CT molecular complexity index is 554. The summed E-state index contributed by atoms with van der Waals surface area (Å²) in [6.07, 6.45) is 13.3. The Morgan fingerprint density at radius 2 is 1.72 bits per heavy atom. The summed E-state index contributed by atoms with van der Waals surface area (Å²) in [7, 11) is 1.70. The molecule has 0 N–H and O–H groups in total. The molecule has 18 heavy (non-hydrogen) atoms. The lowest BCUT2D eigenvalue weighted by atomic mass is 9.81. The van der Waals surface area contributed by atoms with E-state index in [9.17, 15) is 0 Å². The number of hydrogen-bond donors (Lipinski definition) is 0. The van der Waals surface area contributed by atoms with Crippen molar-refractivity contribution in [3.63, 3.8) is 0 Å². The van der Waals surface area contributed by atoms with Gasteiger partial charge in [-0.15, -0.1) is 0 Å². The molecular weight excluding hydrogens is 220 g/mol. The maximum atomic E-state index is 5.17. The van der Waals surface area contributed by atoms with Crippen molar-refractivity contribution in [2.45, 2.75) is 12.8 Å². The third-order valence-corrected chi connectivity index (χ3v) is 3.50. The van der Waals surface area contributed by atoms with Gasteiger partial charge in [-0.05, 0) is 47.3 Å². The highest BCUT2D eigenvalue weighted by atomic mass is 16.5. The minimum Gasteiger partial charge on any atom is -0.497 e. The van der Waals surface area contributed by atoms with Gasteiger partial charge in [-0.2, -0.15) is 0 Å². The summed E-state index contributed by atoms with van der Waals surface area (Å²) >= 11 is 0. The Balaban J connectivity index is 1.86. The van der Waals surface area contributed by atoms with Crippen molar-refractivity contribution in [2.75, 3.05) is 7.11 Å². The average molecular weight is 236 g/mol. The van der Waals surface area contributed by atoms with Crippen molar-refractivity contribution >= 4 is 6.08 Å². The van der Waals surface area contributed by atoms with Gasteiger partial charge >= 0.3 is 0 Å². The van der Waals surface area contributed by atoms with Crippen LogP contribution >= 0.6 is 0 Å². The molecule has 3 rings (SSSR count). The lowest BCUT2D eigenvalue weighted by molar-refractivity contribution is 0.415. The number of benzene rings is 1. The third kappa shape index (κ3) is 2.04. The second-order valence-electron chi connectivity index (χ2n) is 4.59. The van der Waals surface area contributed by atoms with Gasteiger partial charge in [-0.1, -0.05) is 42.5 Å². The lowest BCUT2D eigenvalue weighted by Gasteiger charge is -2.24. The molecule has 2 aliphatic rings. The summed E-state index contributed by atoms with van der Waals surface area (Å²) in [6, 6.07) is 8.22. The van der Waals surface area contributed by atoms with Gasteiger partial charge in [0.05, 0.1) is 7.11 Å². The molecule has 1 aromatic carbocycles. The van der Waals surface area contributed by atoms with Crippen LogP contribution in [0.3, 0.4) is 0 Å². The van der Waals surface area contributed by atoms with E-state index in [0.29, 0.717) is 0 Å². The second-order valence-corrected chi connectivity index (χ2v) is 4.59. The van der Waals surface area contributed by atoms with Gasteiger partial charge in [0.15, 0.2) is 0 Å². The maximum absolute atomic E-state index is 5.17. The minimum atomic E-state index is 0.908. The summed E-state index contributed by atoms with van der Waals surface area (Å²) in [5.74, 6) is 0.908. The van der Waals surface area contributed by atoms with Crippen molar-refractivity contribution in [1.29, 1.82) is 0 Å². The zero-order chi connectivity index (χ0) is 12.4. The predicted octanol–water partition coefficient (Wildman–Crippen LogP) is 4.30. The fourth-order valence-electron chi connectivity index (χ4n) is 2.36. The first kappa shape index (κ1) is 11.1. The van der Waals surface area contributed by atoms with Crippen LogP contribution in [0.1, 0.15) is 18.4 Å². The molecule has 0 heterocycles. The second kappa shape index (κ2) is 4.69. The van der Waals surface area contributed by atoms with E-state index in [1.807, 2.05) is 12.1 Å². The smallest absolute Gasteiger partial charge is 0.118 e. The van der Waals surface area contributed by atoms with Crippen LogP contribution in [-0.4, -0.2) is 7.11 Å². The van der Waals surface area contributed by atoms with Gasteiger partial charge in [0, 0.05) is 0 Å². The molecular formula is C17H16O. The summed E-state index contributed by atoms with van der Waals surface area (Å²) in [4.78, 5) is 0. The Hall–Kier alpha value is -2.02. The highest BCUT2D eigenvalue weighted by molar-refractivity contribution is 5.66. The minimum absolute atomic E-state index is 0.908. The molecule has 0 amide bonds. The van der Waals surface area contributed by atoms with Gasteiger partial charge < -0.3 is 4.74 Å². The number of hydrogen-bond acceptors (Lipinski definition) is 1. The summed E-state index contributed by atoms with van der Waals surface area (Å²) in [5, 5.41) is 0. The van der Waals surface area contributed by atoms with Crippen molar-refractivity contribution in [2.24, 2.45) is 0 Å². The molecule has 0 spiro atoms. The molecule has 1 heteroatoms. The molecule has 1 fully saturated rings. The number of allylic oxidation sites excluding steroid dienone is 7. The van der Waals surface area contributed by atoms with E-state index in [1.54, 1.807) is 7.11 Å². The lowest BCUT2D eigenvalue weighted by Crippen LogP contribution is -2.04. The van der Waals surface area contributed by atoms with E-state index < -0.39 is 0 Å². The van der Waals surface area contributed by atoms with Crippen molar-refractivity contribution < 1.29 is 4.74 Å². The van der Waals surface area contributed by atoms with Crippen LogP contribution in [0.25, 0.3) is 6.08 Å². The van der Waals surface area contributed by atoms with E-state index >= 15 is 0 Å². The van der Waals surface area contributed by atoms with Gasteiger partial charge in [0.1, 0.15) is 5.75 Å². The highest BCUT2D eigenvalue weighted by Gasteiger charge is 2.19. The molecule has 1 nitrogen and oxygen atoms in total. The fraction of sp³-hybridized carbons (Fsp3) is 0.176. The average Bonchev–Trinajstić information content (AvgIpc) is 2.89. The normalized spacial score (nSPS) is 19.5. The van der Waals surface area contributed by atoms with Crippen LogP contribution in [0.4, 0.5) is 0 Å². The Kier molecular flexibility index (Phi) is 2.89. The molecule has 0 bridgehead atoms.